The second-order valence-corrected chi connectivity index (χ2v) is 8.24. The molecule has 1 aliphatic rings. The number of carbonyl (C=O) groups is 1. The molecular formula is C25H28ClN5O. The van der Waals surface area contributed by atoms with E-state index >= 15 is 0 Å². The third kappa shape index (κ3) is 5.33. The van der Waals surface area contributed by atoms with Gasteiger partial charge in [0.2, 0.25) is 0 Å². The molecule has 6 nitrogen and oxygen atoms in total. The minimum atomic E-state index is -0.323. The second-order valence-electron chi connectivity index (χ2n) is 7.83. The smallest absolute Gasteiger partial charge is 0.345 e. The van der Waals surface area contributed by atoms with Crippen molar-refractivity contribution in [3.8, 4) is 0 Å². The zero-order valence-electron chi connectivity index (χ0n) is 17.9. The number of nitrogens with zero attached hydrogens (tertiary/aromatic N) is 2. The van der Waals surface area contributed by atoms with E-state index in [-0.39, 0.29) is 6.03 Å². The van der Waals surface area contributed by atoms with Crippen LogP contribution in [0.5, 0.6) is 0 Å². The number of hydrazine groups is 1. The van der Waals surface area contributed by atoms with Crippen LogP contribution < -0.4 is 26.4 Å². The first kappa shape index (κ1) is 22.0. The highest BCUT2D eigenvalue weighted by atomic mass is 35.5. The largest absolute Gasteiger partial charge is 0.370 e. The Morgan fingerprint density at radius 1 is 0.938 bits per heavy atom. The molecule has 4 rings (SSSR count). The van der Waals surface area contributed by atoms with Crippen molar-refractivity contribution in [2.75, 3.05) is 33.7 Å². The zero-order chi connectivity index (χ0) is 22.3. The third-order valence-electron chi connectivity index (χ3n) is 5.52. The number of nitrogens with one attached hydrogen (secondary N) is 2. The van der Waals surface area contributed by atoms with Gasteiger partial charge in [-0.1, -0.05) is 41.9 Å². The molecule has 0 aromatic heterocycles. The number of piperidine rings is 1. The molecule has 1 aliphatic heterocycles. The van der Waals surface area contributed by atoms with E-state index in [4.69, 9.17) is 17.3 Å². The van der Waals surface area contributed by atoms with Crippen molar-refractivity contribution in [3.05, 3.63) is 83.4 Å². The summed E-state index contributed by atoms with van der Waals surface area (Å²) in [5, 5.41) is 5.07. The molecule has 3 aromatic rings. The van der Waals surface area contributed by atoms with Crippen LogP contribution in [0.15, 0.2) is 72.8 Å². The normalized spacial score (nSPS) is 13.5. The molecule has 1 fully saturated rings. The van der Waals surface area contributed by atoms with Gasteiger partial charge < -0.3 is 16.0 Å². The fourth-order valence-electron chi connectivity index (χ4n) is 3.86. The van der Waals surface area contributed by atoms with Gasteiger partial charge in [0.25, 0.3) is 0 Å². The Labute approximate surface area is 193 Å². The number of anilines is 4. The second kappa shape index (κ2) is 10.4. The monoisotopic (exact) mass is 449 g/mol. The SMILES string of the molecule is NCc1cccc(NN(C(=O)Nc2ccc(N3CCCCC3)c(Cl)c2)c2ccccc2)c1. The molecule has 4 N–H and O–H groups in total. The van der Waals surface area contributed by atoms with Crippen molar-refractivity contribution in [1.29, 1.82) is 0 Å². The maximum Gasteiger partial charge on any atom is 0.345 e. The lowest BCUT2D eigenvalue weighted by atomic mass is 10.1. The number of para-hydroxylation sites is 1. The van der Waals surface area contributed by atoms with Crippen LogP contribution in [0.3, 0.4) is 0 Å². The van der Waals surface area contributed by atoms with Gasteiger partial charge in [0, 0.05) is 25.3 Å². The van der Waals surface area contributed by atoms with Crippen LogP contribution in [-0.4, -0.2) is 19.1 Å². The topological polar surface area (TPSA) is 73.6 Å². The van der Waals surface area contributed by atoms with E-state index in [1.807, 2.05) is 72.8 Å². The zero-order valence-corrected chi connectivity index (χ0v) is 18.7. The first-order valence-corrected chi connectivity index (χ1v) is 11.3. The Morgan fingerprint density at radius 2 is 1.72 bits per heavy atom. The predicted octanol–water partition coefficient (Wildman–Crippen LogP) is 5.85. The summed E-state index contributed by atoms with van der Waals surface area (Å²) < 4.78 is 0. The molecule has 0 bridgehead atoms. The lowest BCUT2D eigenvalue weighted by molar-refractivity contribution is 0.258. The van der Waals surface area contributed by atoms with Gasteiger partial charge >= 0.3 is 6.03 Å². The molecule has 1 heterocycles. The molecule has 0 atom stereocenters. The van der Waals surface area contributed by atoms with Crippen molar-refractivity contribution in [2.45, 2.75) is 25.8 Å². The summed E-state index contributed by atoms with van der Waals surface area (Å²) in [6, 6.07) is 22.5. The van der Waals surface area contributed by atoms with Gasteiger partial charge in [0.1, 0.15) is 0 Å². The van der Waals surface area contributed by atoms with E-state index in [1.165, 1.54) is 24.3 Å². The number of rotatable bonds is 6. The molecule has 32 heavy (non-hydrogen) atoms. The standard InChI is InChI=1S/C25H28ClN5O/c26-23-17-20(12-13-24(23)30-14-5-2-6-15-30)28-25(32)31(22-10-3-1-4-11-22)29-21-9-7-8-19(16-21)18-27/h1,3-4,7-13,16-17,29H,2,5-6,14-15,18,27H2,(H,28,32). The van der Waals surface area contributed by atoms with Crippen molar-refractivity contribution in [3.63, 3.8) is 0 Å². The number of hydrogen-bond donors (Lipinski definition) is 3. The number of carbonyl (C=O) groups excluding carboxylic acids is 1. The Balaban J connectivity index is 1.54. The summed E-state index contributed by atoms with van der Waals surface area (Å²) in [6.07, 6.45) is 3.62. The van der Waals surface area contributed by atoms with Crippen LogP contribution in [0.2, 0.25) is 5.02 Å². The fourth-order valence-corrected chi connectivity index (χ4v) is 4.16. The minimum absolute atomic E-state index is 0.323. The van der Waals surface area contributed by atoms with E-state index in [0.717, 1.165) is 30.0 Å². The third-order valence-corrected chi connectivity index (χ3v) is 5.82. The van der Waals surface area contributed by atoms with E-state index in [1.54, 1.807) is 0 Å². The Hall–Kier alpha value is -3.22. The number of hydrogen-bond acceptors (Lipinski definition) is 4. The summed E-state index contributed by atoms with van der Waals surface area (Å²) in [7, 11) is 0. The summed E-state index contributed by atoms with van der Waals surface area (Å²) in [5.41, 5.74) is 13.1. The van der Waals surface area contributed by atoms with E-state index in [2.05, 4.69) is 15.6 Å². The quantitative estimate of drug-likeness (QED) is 0.412. The highest BCUT2D eigenvalue weighted by Crippen LogP contribution is 2.31. The predicted molar refractivity (Wildman–Crippen MR) is 133 cm³/mol. The molecule has 0 saturated carbocycles. The van der Waals surface area contributed by atoms with Crippen LogP contribution in [0, 0.1) is 0 Å². The maximum atomic E-state index is 13.2. The van der Waals surface area contributed by atoms with Crippen LogP contribution in [0.4, 0.5) is 27.5 Å². The van der Waals surface area contributed by atoms with Crippen LogP contribution in [0.25, 0.3) is 0 Å². The molecule has 0 spiro atoms. The van der Waals surface area contributed by atoms with Gasteiger partial charge in [-0.2, -0.15) is 0 Å². The number of nitrogens with two attached hydrogens (primary N) is 1. The summed E-state index contributed by atoms with van der Waals surface area (Å²) in [6.45, 7) is 2.45. The minimum Gasteiger partial charge on any atom is -0.370 e. The molecule has 166 valence electrons. The average molecular weight is 450 g/mol. The van der Waals surface area contributed by atoms with Crippen LogP contribution >= 0.6 is 11.6 Å². The van der Waals surface area contributed by atoms with Crippen LogP contribution in [0.1, 0.15) is 24.8 Å². The number of urea groups is 1. The Bertz CT molecular complexity index is 1050. The van der Waals surface area contributed by atoms with Gasteiger partial charge in [-0.3, -0.25) is 5.43 Å². The molecular weight excluding hydrogens is 422 g/mol. The first-order valence-electron chi connectivity index (χ1n) is 10.9. The summed E-state index contributed by atoms with van der Waals surface area (Å²) in [5.74, 6) is 0. The molecule has 1 saturated heterocycles. The lowest BCUT2D eigenvalue weighted by Gasteiger charge is -2.30. The summed E-state index contributed by atoms with van der Waals surface area (Å²) in [4.78, 5) is 15.5. The number of halogens is 1. The molecule has 2 amide bonds. The van der Waals surface area contributed by atoms with Gasteiger partial charge in [-0.25, -0.2) is 9.80 Å². The molecule has 3 aromatic carbocycles. The van der Waals surface area contributed by atoms with Crippen molar-refractivity contribution < 1.29 is 4.79 Å². The van der Waals surface area contributed by atoms with Crippen molar-refractivity contribution >= 4 is 40.4 Å². The first-order chi connectivity index (χ1) is 15.6. The van der Waals surface area contributed by atoms with Crippen molar-refractivity contribution in [1.82, 2.24) is 0 Å². The number of benzene rings is 3. The Morgan fingerprint density at radius 3 is 2.44 bits per heavy atom. The maximum absolute atomic E-state index is 13.2. The molecule has 0 radical (unpaired) electrons. The van der Waals surface area contributed by atoms with E-state index < -0.39 is 0 Å². The van der Waals surface area contributed by atoms with Crippen LogP contribution in [-0.2, 0) is 6.54 Å². The average Bonchev–Trinajstić information content (AvgIpc) is 2.84. The summed E-state index contributed by atoms with van der Waals surface area (Å²) >= 11 is 6.57. The number of amides is 2. The van der Waals surface area contributed by atoms with Gasteiger partial charge in [0.15, 0.2) is 0 Å². The van der Waals surface area contributed by atoms with E-state index in [0.29, 0.717) is 22.9 Å². The highest BCUT2D eigenvalue weighted by Gasteiger charge is 2.18. The molecule has 0 unspecified atom stereocenters. The lowest BCUT2D eigenvalue weighted by Crippen LogP contribution is -2.39. The van der Waals surface area contributed by atoms with Gasteiger partial charge in [-0.05, 0) is 67.3 Å². The van der Waals surface area contributed by atoms with Crippen molar-refractivity contribution in [2.24, 2.45) is 5.73 Å². The molecule has 0 aliphatic carbocycles. The van der Waals surface area contributed by atoms with E-state index in [9.17, 15) is 4.79 Å². The Kier molecular flexibility index (Phi) is 7.14. The fraction of sp³-hybridized carbons (Fsp3) is 0.240. The van der Waals surface area contributed by atoms with Gasteiger partial charge in [0.05, 0.1) is 22.1 Å². The highest BCUT2D eigenvalue weighted by molar-refractivity contribution is 6.33. The van der Waals surface area contributed by atoms with Gasteiger partial charge in [-0.15, -0.1) is 0 Å². The molecule has 7 heteroatoms.